The molecule has 2 rings (SSSR count). The largest absolute Gasteiger partial charge is 0.342 e. The quantitative estimate of drug-likeness (QED) is 0.886. The lowest BCUT2D eigenvalue weighted by Crippen LogP contribution is -2.38. The van der Waals surface area contributed by atoms with Gasteiger partial charge in [0.05, 0.1) is 11.4 Å². The molecular formula is C14H20N2O3S. The molecule has 1 aromatic carbocycles. The van der Waals surface area contributed by atoms with Crippen molar-refractivity contribution in [2.45, 2.75) is 31.1 Å². The molecule has 0 aromatic heterocycles. The Hall–Kier alpha value is -1.40. The van der Waals surface area contributed by atoms with Crippen LogP contribution in [0.4, 0.5) is 0 Å². The van der Waals surface area contributed by atoms with E-state index in [0.717, 1.165) is 37.9 Å². The number of sulfonamides is 1. The van der Waals surface area contributed by atoms with Gasteiger partial charge in [-0.15, -0.1) is 0 Å². The summed E-state index contributed by atoms with van der Waals surface area (Å²) in [4.78, 5) is 13.7. The summed E-state index contributed by atoms with van der Waals surface area (Å²) in [5.74, 6) is -0.156. The van der Waals surface area contributed by atoms with Crippen molar-refractivity contribution in [3.63, 3.8) is 0 Å². The van der Waals surface area contributed by atoms with Gasteiger partial charge in [-0.1, -0.05) is 19.1 Å². The fourth-order valence-corrected chi connectivity index (χ4v) is 3.20. The van der Waals surface area contributed by atoms with Crippen LogP contribution in [0.2, 0.25) is 0 Å². The number of rotatable bonds is 5. The van der Waals surface area contributed by atoms with Crippen LogP contribution in [0.1, 0.15) is 25.3 Å². The van der Waals surface area contributed by atoms with Crippen molar-refractivity contribution in [2.75, 3.05) is 19.6 Å². The van der Waals surface area contributed by atoms with Crippen LogP contribution in [0, 0.1) is 0 Å². The van der Waals surface area contributed by atoms with Crippen LogP contribution in [0.25, 0.3) is 0 Å². The van der Waals surface area contributed by atoms with Crippen molar-refractivity contribution in [1.82, 2.24) is 9.62 Å². The van der Waals surface area contributed by atoms with E-state index in [1.54, 1.807) is 29.2 Å². The molecule has 1 aliphatic rings. The molecule has 0 unspecified atom stereocenters. The van der Waals surface area contributed by atoms with Gasteiger partial charge in [-0.2, -0.15) is 0 Å². The van der Waals surface area contributed by atoms with Gasteiger partial charge in [-0.05, 0) is 37.0 Å². The molecule has 0 saturated carbocycles. The van der Waals surface area contributed by atoms with Gasteiger partial charge in [0.25, 0.3) is 0 Å². The monoisotopic (exact) mass is 296 g/mol. The molecule has 0 radical (unpaired) electrons. The minimum atomic E-state index is -3.61. The van der Waals surface area contributed by atoms with E-state index in [1.165, 1.54) is 0 Å². The Morgan fingerprint density at radius 2 is 1.80 bits per heavy atom. The third kappa shape index (κ3) is 3.58. The number of aryl methyl sites for hydroxylation is 1. The van der Waals surface area contributed by atoms with Crippen LogP contribution in [-0.4, -0.2) is 38.9 Å². The first kappa shape index (κ1) is 15.0. The first-order valence-electron chi connectivity index (χ1n) is 6.89. The minimum Gasteiger partial charge on any atom is -0.342 e. The van der Waals surface area contributed by atoms with Crippen molar-refractivity contribution in [1.29, 1.82) is 0 Å². The van der Waals surface area contributed by atoms with E-state index in [1.807, 2.05) is 6.92 Å². The van der Waals surface area contributed by atoms with E-state index >= 15 is 0 Å². The topological polar surface area (TPSA) is 66.5 Å². The van der Waals surface area contributed by atoms with Gasteiger partial charge >= 0.3 is 0 Å². The number of hydrogen-bond acceptors (Lipinski definition) is 3. The van der Waals surface area contributed by atoms with E-state index in [9.17, 15) is 13.2 Å². The SMILES string of the molecule is CCc1ccc(S(=O)(=O)NCC(=O)N2CCCC2)cc1. The minimum absolute atomic E-state index is 0.156. The summed E-state index contributed by atoms with van der Waals surface area (Å²) in [5.41, 5.74) is 1.08. The first-order valence-corrected chi connectivity index (χ1v) is 8.37. The van der Waals surface area contributed by atoms with Gasteiger partial charge in [-0.3, -0.25) is 4.79 Å². The number of amides is 1. The number of benzene rings is 1. The molecule has 6 heteroatoms. The zero-order valence-corrected chi connectivity index (χ0v) is 12.4. The number of nitrogens with one attached hydrogen (secondary N) is 1. The second-order valence-corrected chi connectivity index (χ2v) is 6.68. The van der Waals surface area contributed by atoms with Crippen molar-refractivity contribution in [3.05, 3.63) is 29.8 Å². The molecule has 1 amide bonds. The molecule has 0 bridgehead atoms. The molecule has 0 aliphatic carbocycles. The third-order valence-corrected chi connectivity index (χ3v) is 4.93. The van der Waals surface area contributed by atoms with Gasteiger partial charge in [0.2, 0.25) is 15.9 Å². The second-order valence-electron chi connectivity index (χ2n) is 4.91. The molecule has 1 aliphatic heterocycles. The predicted molar refractivity (Wildman–Crippen MR) is 76.8 cm³/mol. The van der Waals surface area contributed by atoms with Crippen LogP contribution < -0.4 is 4.72 Å². The average molecular weight is 296 g/mol. The zero-order valence-electron chi connectivity index (χ0n) is 11.6. The number of hydrogen-bond donors (Lipinski definition) is 1. The van der Waals surface area contributed by atoms with E-state index in [4.69, 9.17) is 0 Å². The highest BCUT2D eigenvalue weighted by molar-refractivity contribution is 7.89. The highest BCUT2D eigenvalue weighted by Gasteiger charge is 2.20. The Balaban J connectivity index is 1.97. The molecule has 0 spiro atoms. The van der Waals surface area contributed by atoms with Crippen LogP contribution >= 0.6 is 0 Å². The molecule has 1 heterocycles. The molecule has 1 N–H and O–H groups in total. The highest BCUT2D eigenvalue weighted by atomic mass is 32.2. The molecule has 1 saturated heterocycles. The Labute approximate surface area is 120 Å². The van der Waals surface area contributed by atoms with E-state index in [-0.39, 0.29) is 17.3 Å². The number of carbonyl (C=O) groups is 1. The van der Waals surface area contributed by atoms with Crippen LogP contribution in [0.3, 0.4) is 0 Å². The van der Waals surface area contributed by atoms with Crippen LogP contribution in [0.5, 0.6) is 0 Å². The fourth-order valence-electron chi connectivity index (χ4n) is 2.22. The fraction of sp³-hybridized carbons (Fsp3) is 0.500. The normalized spacial score (nSPS) is 15.6. The average Bonchev–Trinajstić information content (AvgIpc) is 2.99. The molecule has 1 aromatic rings. The maximum Gasteiger partial charge on any atom is 0.241 e. The molecule has 1 fully saturated rings. The Bertz CT molecular complexity index is 561. The van der Waals surface area contributed by atoms with Crippen LogP contribution in [0.15, 0.2) is 29.2 Å². The van der Waals surface area contributed by atoms with Gasteiger partial charge in [0.15, 0.2) is 0 Å². The zero-order chi connectivity index (χ0) is 14.6. The number of nitrogens with zero attached hydrogens (tertiary/aromatic N) is 1. The third-order valence-electron chi connectivity index (χ3n) is 3.51. The highest BCUT2D eigenvalue weighted by Crippen LogP contribution is 2.11. The molecule has 0 atom stereocenters. The lowest BCUT2D eigenvalue weighted by molar-refractivity contribution is -0.128. The summed E-state index contributed by atoms with van der Waals surface area (Å²) in [5, 5.41) is 0. The summed E-state index contributed by atoms with van der Waals surface area (Å²) in [7, 11) is -3.61. The maximum absolute atomic E-state index is 12.1. The van der Waals surface area contributed by atoms with Gasteiger partial charge in [-0.25, -0.2) is 13.1 Å². The Morgan fingerprint density at radius 3 is 2.35 bits per heavy atom. The summed E-state index contributed by atoms with van der Waals surface area (Å²) >= 11 is 0. The smallest absolute Gasteiger partial charge is 0.241 e. The van der Waals surface area contributed by atoms with Crippen LogP contribution in [-0.2, 0) is 21.2 Å². The van der Waals surface area contributed by atoms with Gasteiger partial charge < -0.3 is 4.90 Å². The van der Waals surface area contributed by atoms with Crippen molar-refractivity contribution >= 4 is 15.9 Å². The summed E-state index contributed by atoms with van der Waals surface area (Å²) < 4.78 is 26.5. The molecule has 20 heavy (non-hydrogen) atoms. The number of carbonyl (C=O) groups excluding carboxylic acids is 1. The predicted octanol–water partition coefficient (Wildman–Crippen LogP) is 1.15. The van der Waals surface area contributed by atoms with Crippen molar-refractivity contribution in [2.24, 2.45) is 0 Å². The summed E-state index contributed by atoms with van der Waals surface area (Å²) in [6.07, 6.45) is 2.86. The lowest BCUT2D eigenvalue weighted by atomic mass is 10.2. The van der Waals surface area contributed by atoms with Gasteiger partial charge in [0, 0.05) is 13.1 Å². The lowest BCUT2D eigenvalue weighted by Gasteiger charge is -2.15. The molecule has 5 nitrogen and oxygen atoms in total. The maximum atomic E-state index is 12.1. The van der Waals surface area contributed by atoms with Gasteiger partial charge in [0.1, 0.15) is 0 Å². The summed E-state index contributed by atoms with van der Waals surface area (Å²) in [6, 6.07) is 6.72. The van der Waals surface area contributed by atoms with Crippen molar-refractivity contribution in [3.8, 4) is 0 Å². The summed E-state index contributed by atoms with van der Waals surface area (Å²) in [6.45, 7) is 3.30. The van der Waals surface area contributed by atoms with Crippen molar-refractivity contribution < 1.29 is 13.2 Å². The molecule has 110 valence electrons. The first-order chi connectivity index (χ1) is 9.53. The number of likely N-dealkylation sites (tertiary alicyclic amines) is 1. The van der Waals surface area contributed by atoms with E-state index in [2.05, 4.69) is 4.72 Å². The Kier molecular flexibility index (Phi) is 4.77. The van der Waals surface area contributed by atoms with E-state index in [0.29, 0.717) is 0 Å². The van der Waals surface area contributed by atoms with E-state index < -0.39 is 10.0 Å². The molecular weight excluding hydrogens is 276 g/mol. The standard InChI is InChI=1S/C14H20N2O3S/c1-2-12-5-7-13(8-6-12)20(18,19)15-11-14(17)16-9-3-4-10-16/h5-8,15H,2-4,9-11H2,1H3. The Morgan fingerprint density at radius 1 is 1.20 bits per heavy atom. The second kappa shape index (κ2) is 6.37.